The van der Waals surface area contributed by atoms with Gasteiger partial charge in [-0.2, -0.15) is 0 Å². The van der Waals surface area contributed by atoms with Gasteiger partial charge in [-0.25, -0.2) is 18.7 Å². The molecule has 0 saturated carbocycles. The molecule has 0 aliphatic carbocycles. The van der Waals surface area contributed by atoms with Crippen LogP contribution in [0.15, 0.2) is 41.6 Å². The van der Waals surface area contributed by atoms with E-state index < -0.39 is 18.2 Å². The number of nitrogens with one attached hydrogen (secondary N) is 1. The second kappa shape index (κ2) is 12.5. The van der Waals surface area contributed by atoms with Gasteiger partial charge in [0.15, 0.2) is 35.2 Å². The molecule has 3 aromatic rings. The van der Waals surface area contributed by atoms with E-state index in [4.69, 9.17) is 23.7 Å². The third-order valence-electron chi connectivity index (χ3n) is 5.69. The summed E-state index contributed by atoms with van der Waals surface area (Å²) >= 11 is 0. The summed E-state index contributed by atoms with van der Waals surface area (Å²) in [6, 6.07) is 4.17. The average Bonchev–Trinajstić information content (AvgIpc) is 2.92. The van der Waals surface area contributed by atoms with Crippen molar-refractivity contribution in [2.24, 2.45) is 0 Å². The summed E-state index contributed by atoms with van der Waals surface area (Å²) in [7, 11) is 2.54. The Hall–Kier alpha value is -3.77. The lowest BCUT2D eigenvalue weighted by Gasteiger charge is -2.22. The van der Waals surface area contributed by atoms with Crippen molar-refractivity contribution in [3.05, 3.63) is 64.3 Å². The second-order valence-electron chi connectivity index (χ2n) is 8.16. The Bertz CT molecular complexity index is 1220. The fourth-order valence-corrected chi connectivity index (χ4v) is 3.71. The molecule has 0 bridgehead atoms. The fourth-order valence-electron chi connectivity index (χ4n) is 3.71. The lowest BCUT2D eigenvalue weighted by atomic mass is 10.1. The quantitative estimate of drug-likeness (QED) is 0.406. The summed E-state index contributed by atoms with van der Waals surface area (Å²) < 4.78 is 57.1. The van der Waals surface area contributed by atoms with Crippen LogP contribution in [0, 0.1) is 11.6 Å². The van der Waals surface area contributed by atoms with Crippen molar-refractivity contribution in [2.45, 2.75) is 38.7 Å². The normalized spacial score (nSPS) is 15.3. The van der Waals surface area contributed by atoms with E-state index >= 15 is 0 Å². The van der Waals surface area contributed by atoms with Gasteiger partial charge in [-0.05, 0) is 25.3 Å². The zero-order valence-corrected chi connectivity index (χ0v) is 20.5. The molecule has 37 heavy (non-hydrogen) atoms. The third-order valence-corrected chi connectivity index (χ3v) is 5.69. The first-order valence-corrected chi connectivity index (χ1v) is 11.7. The molecule has 0 amide bonds. The van der Waals surface area contributed by atoms with Gasteiger partial charge in [0, 0.05) is 31.5 Å². The number of pyridine rings is 1. The first kappa shape index (κ1) is 26.3. The molecule has 0 spiro atoms. The van der Waals surface area contributed by atoms with Crippen LogP contribution in [0.4, 0.5) is 20.4 Å². The highest BCUT2D eigenvalue weighted by Gasteiger charge is 2.20. The molecule has 1 fully saturated rings. The van der Waals surface area contributed by atoms with Gasteiger partial charge in [-0.1, -0.05) is 0 Å². The topological polar surface area (TPSA) is 106 Å². The average molecular weight is 519 g/mol. The summed E-state index contributed by atoms with van der Waals surface area (Å²) in [5.41, 5.74) is 0.0755. The number of ether oxygens (including phenoxy) is 5. The van der Waals surface area contributed by atoms with Crippen molar-refractivity contribution >= 4 is 11.6 Å². The molecule has 1 atom stereocenters. The number of nitrogens with zero attached hydrogens (tertiary/aromatic N) is 3. The van der Waals surface area contributed by atoms with Crippen molar-refractivity contribution < 1.29 is 32.5 Å². The Balaban J connectivity index is 1.35. The maximum absolute atomic E-state index is 14.5. The molecule has 10 nitrogen and oxygen atoms in total. The maximum atomic E-state index is 14.5. The van der Waals surface area contributed by atoms with Gasteiger partial charge in [0.25, 0.3) is 5.56 Å². The van der Waals surface area contributed by atoms with Crippen LogP contribution in [0.1, 0.15) is 24.8 Å². The largest absolute Gasteiger partial charge is 0.494 e. The molecule has 3 heterocycles. The standard InChI is InChI=1S/C25H28F2N4O6/c1-33-19-11-20(34-2)24(27)18(23(19)26)15-37-17-12-28-25(29-13-17)30-16-6-7-21(32)31(14-16)8-10-36-22-5-3-4-9-35-22/h6-7,11-14,22H,3-5,8-10,15H2,1-2H3,(H,28,29,30). The molecule has 4 rings (SSSR count). The number of hydrogen-bond acceptors (Lipinski definition) is 9. The van der Waals surface area contributed by atoms with Crippen LogP contribution in [0.5, 0.6) is 17.2 Å². The Morgan fingerprint density at radius 2 is 1.84 bits per heavy atom. The second-order valence-corrected chi connectivity index (χ2v) is 8.16. The van der Waals surface area contributed by atoms with Gasteiger partial charge < -0.3 is 33.6 Å². The molecule has 1 aliphatic rings. The molecule has 1 unspecified atom stereocenters. The molecule has 2 aromatic heterocycles. The highest BCUT2D eigenvalue weighted by molar-refractivity contribution is 5.51. The van der Waals surface area contributed by atoms with Gasteiger partial charge in [0.05, 0.1) is 44.5 Å². The molecule has 12 heteroatoms. The van der Waals surface area contributed by atoms with Crippen LogP contribution in [-0.2, 0) is 22.6 Å². The van der Waals surface area contributed by atoms with Gasteiger partial charge in [-0.15, -0.1) is 0 Å². The van der Waals surface area contributed by atoms with E-state index in [0.717, 1.165) is 25.3 Å². The zero-order valence-electron chi connectivity index (χ0n) is 20.5. The molecule has 0 radical (unpaired) electrons. The lowest BCUT2D eigenvalue weighted by Crippen LogP contribution is -2.26. The predicted molar refractivity (Wildman–Crippen MR) is 129 cm³/mol. The molecular weight excluding hydrogens is 490 g/mol. The van der Waals surface area contributed by atoms with Gasteiger partial charge in [0.2, 0.25) is 5.95 Å². The minimum absolute atomic E-state index is 0.164. The van der Waals surface area contributed by atoms with Crippen LogP contribution in [-0.4, -0.2) is 48.3 Å². The summed E-state index contributed by atoms with van der Waals surface area (Å²) in [6.45, 7) is 0.971. The summed E-state index contributed by atoms with van der Waals surface area (Å²) in [4.78, 5) is 20.5. The van der Waals surface area contributed by atoms with Crippen molar-refractivity contribution in [2.75, 3.05) is 32.8 Å². The van der Waals surface area contributed by atoms with E-state index in [1.54, 1.807) is 12.3 Å². The molecular formula is C25H28F2N4O6. The Kier molecular flexibility index (Phi) is 8.86. The maximum Gasteiger partial charge on any atom is 0.250 e. The van der Waals surface area contributed by atoms with Crippen molar-refractivity contribution in [1.29, 1.82) is 0 Å². The molecule has 1 aromatic carbocycles. The van der Waals surface area contributed by atoms with Gasteiger partial charge in [-0.3, -0.25) is 4.79 Å². The predicted octanol–water partition coefficient (Wildman–Crippen LogP) is 3.80. The molecule has 198 valence electrons. The van der Waals surface area contributed by atoms with E-state index in [1.165, 1.54) is 37.2 Å². The highest BCUT2D eigenvalue weighted by Crippen LogP contribution is 2.32. The number of aromatic nitrogens is 3. The Morgan fingerprint density at radius 1 is 1.11 bits per heavy atom. The minimum Gasteiger partial charge on any atom is -0.494 e. The van der Waals surface area contributed by atoms with Crippen molar-refractivity contribution in [3.8, 4) is 17.2 Å². The smallest absolute Gasteiger partial charge is 0.250 e. The number of benzene rings is 1. The summed E-state index contributed by atoms with van der Waals surface area (Å²) in [5, 5.41) is 3.00. The first-order chi connectivity index (χ1) is 18.0. The number of hydrogen-bond donors (Lipinski definition) is 1. The summed E-state index contributed by atoms with van der Waals surface area (Å²) in [6.07, 6.45) is 7.09. The van der Waals surface area contributed by atoms with Crippen LogP contribution in [0.2, 0.25) is 0 Å². The van der Waals surface area contributed by atoms with Crippen LogP contribution < -0.4 is 25.1 Å². The molecule has 1 aliphatic heterocycles. The van der Waals surface area contributed by atoms with Gasteiger partial charge >= 0.3 is 0 Å². The summed E-state index contributed by atoms with van der Waals surface area (Å²) in [5.74, 6) is -1.66. The molecule has 1 N–H and O–H groups in total. The van der Waals surface area contributed by atoms with Crippen LogP contribution in [0.25, 0.3) is 0 Å². The van der Waals surface area contributed by atoms with E-state index in [2.05, 4.69) is 15.3 Å². The van der Waals surface area contributed by atoms with E-state index in [9.17, 15) is 13.6 Å². The van der Waals surface area contributed by atoms with Crippen molar-refractivity contribution in [3.63, 3.8) is 0 Å². The van der Waals surface area contributed by atoms with Crippen molar-refractivity contribution in [1.82, 2.24) is 14.5 Å². The number of halogens is 2. The van der Waals surface area contributed by atoms with Gasteiger partial charge in [0.1, 0.15) is 6.61 Å². The Labute approximate surface area is 212 Å². The minimum atomic E-state index is -0.883. The Morgan fingerprint density at radius 3 is 2.49 bits per heavy atom. The SMILES string of the molecule is COc1cc(OC)c(F)c(COc2cnc(Nc3ccc(=O)n(CCOC4CCCCO4)c3)nc2)c1F. The highest BCUT2D eigenvalue weighted by atomic mass is 19.1. The van der Waals surface area contributed by atoms with E-state index in [-0.39, 0.29) is 40.6 Å². The fraction of sp³-hybridized carbons (Fsp3) is 0.400. The number of anilines is 2. The third kappa shape index (κ3) is 6.71. The monoisotopic (exact) mass is 518 g/mol. The molecule has 1 saturated heterocycles. The number of rotatable bonds is 11. The van der Waals surface area contributed by atoms with Crippen LogP contribution >= 0.6 is 0 Å². The van der Waals surface area contributed by atoms with Crippen LogP contribution in [0.3, 0.4) is 0 Å². The van der Waals surface area contributed by atoms with E-state index in [1.807, 2.05) is 0 Å². The number of methoxy groups -OCH3 is 2. The van der Waals surface area contributed by atoms with E-state index in [0.29, 0.717) is 25.4 Å². The zero-order chi connectivity index (χ0) is 26.2. The first-order valence-electron chi connectivity index (χ1n) is 11.7. The lowest BCUT2D eigenvalue weighted by molar-refractivity contribution is -0.163.